The zero-order chi connectivity index (χ0) is 12.1. The minimum atomic E-state index is 0.847. The summed E-state index contributed by atoms with van der Waals surface area (Å²) < 4.78 is 0. The molecule has 0 heterocycles. The highest BCUT2D eigenvalue weighted by Gasteiger charge is 2.09. The van der Waals surface area contributed by atoms with Crippen LogP contribution in [-0.2, 0) is 0 Å². The van der Waals surface area contributed by atoms with E-state index in [-0.39, 0.29) is 0 Å². The zero-order valence-corrected chi connectivity index (χ0v) is 11.1. The van der Waals surface area contributed by atoms with Gasteiger partial charge in [0.1, 0.15) is 4.99 Å². The molecule has 0 fully saturated rings. The molecule has 1 rings (SSSR count). The standard InChI is InChI=1S/C13H18N2S/c1-14(2)10-12(13(16)15(3)4)11-8-6-5-7-9-11/h5-10H,1-4H3/b12-10-. The number of hydrogen-bond acceptors (Lipinski definition) is 2. The van der Waals surface area contributed by atoms with Gasteiger partial charge in [-0.1, -0.05) is 42.5 Å². The fourth-order valence-electron chi connectivity index (χ4n) is 1.37. The van der Waals surface area contributed by atoms with E-state index in [4.69, 9.17) is 12.2 Å². The van der Waals surface area contributed by atoms with E-state index in [1.165, 1.54) is 0 Å². The second-order valence-corrected chi connectivity index (χ2v) is 4.46. The summed E-state index contributed by atoms with van der Waals surface area (Å²) in [6.07, 6.45) is 2.05. The predicted molar refractivity (Wildman–Crippen MR) is 74.4 cm³/mol. The van der Waals surface area contributed by atoms with E-state index in [0.717, 1.165) is 16.1 Å². The van der Waals surface area contributed by atoms with Gasteiger partial charge in [-0.2, -0.15) is 0 Å². The van der Waals surface area contributed by atoms with Crippen LogP contribution in [0.3, 0.4) is 0 Å². The molecule has 0 atom stereocenters. The molecule has 0 amide bonds. The Morgan fingerprint density at radius 3 is 2.06 bits per heavy atom. The van der Waals surface area contributed by atoms with E-state index in [0.29, 0.717) is 0 Å². The summed E-state index contributed by atoms with van der Waals surface area (Å²) >= 11 is 5.43. The minimum absolute atomic E-state index is 0.847. The predicted octanol–water partition coefficient (Wildman–Crippen LogP) is 2.48. The maximum Gasteiger partial charge on any atom is 0.110 e. The molecule has 86 valence electrons. The Morgan fingerprint density at radius 1 is 1.06 bits per heavy atom. The van der Waals surface area contributed by atoms with Gasteiger partial charge in [-0.25, -0.2) is 0 Å². The van der Waals surface area contributed by atoms with Gasteiger partial charge in [-0.3, -0.25) is 0 Å². The van der Waals surface area contributed by atoms with Gasteiger partial charge in [0, 0.05) is 40.0 Å². The average Bonchev–Trinajstić information content (AvgIpc) is 2.26. The Bertz CT molecular complexity index is 380. The van der Waals surface area contributed by atoms with Gasteiger partial charge < -0.3 is 9.80 Å². The first-order valence-electron chi connectivity index (χ1n) is 5.17. The van der Waals surface area contributed by atoms with Crippen LogP contribution < -0.4 is 0 Å². The molecule has 1 aromatic rings. The minimum Gasteiger partial charge on any atom is -0.383 e. The molecule has 3 heteroatoms. The Balaban J connectivity index is 3.12. The van der Waals surface area contributed by atoms with Gasteiger partial charge in [-0.05, 0) is 5.56 Å². The van der Waals surface area contributed by atoms with Crippen LogP contribution in [0, 0.1) is 0 Å². The van der Waals surface area contributed by atoms with Gasteiger partial charge in [0.2, 0.25) is 0 Å². The van der Waals surface area contributed by atoms with E-state index < -0.39 is 0 Å². The smallest absolute Gasteiger partial charge is 0.110 e. The highest BCUT2D eigenvalue weighted by molar-refractivity contribution is 7.81. The second-order valence-electron chi connectivity index (χ2n) is 4.07. The van der Waals surface area contributed by atoms with Crippen molar-refractivity contribution in [3.8, 4) is 0 Å². The molecule has 1 aromatic carbocycles. The maximum absolute atomic E-state index is 5.43. The molecule has 0 radical (unpaired) electrons. The first kappa shape index (κ1) is 12.7. The molecular weight excluding hydrogens is 216 g/mol. The summed E-state index contributed by atoms with van der Waals surface area (Å²) in [7, 11) is 7.94. The molecule has 0 aliphatic carbocycles. The molecule has 0 saturated heterocycles. The third-order valence-corrected chi connectivity index (χ3v) is 2.69. The van der Waals surface area contributed by atoms with Crippen molar-refractivity contribution in [3.63, 3.8) is 0 Å². The monoisotopic (exact) mass is 234 g/mol. The van der Waals surface area contributed by atoms with Crippen LogP contribution in [0.25, 0.3) is 5.57 Å². The average molecular weight is 234 g/mol. The summed E-state index contributed by atoms with van der Waals surface area (Å²) in [5.74, 6) is 0. The van der Waals surface area contributed by atoms with Crippen molar-refractivity contribution in [1.29, 1.82) is 0 Å². The van der Waals surface area contributed by atoms with Crippen LogP contribution in [0.15, 0.2) is 36.5 Å². The number of thiocarbonyl (C=S) groups is 1. The highest BCUT2D eigenvalue weighted by Crippen LogP contribution is 2.17. The van der Waals surface area contributed by atoms with Crippen molar-refractivity contribution in [2.24, 2.45) is 0 Å². The number of hydrogen-bond donors (Lipinski definition) is 0. The quantitative estimate of drug-likeness (QED) is 0.586. The van der Waals surface area contributed by atoms with Crippen molar-refractivity contribution in [2.75, 3.05) is 28.2 Å². The Hall–Kier alpha value is -1.35. The maximum atomic E-state index is 5.43. The first-order valence-corrected chi connectivity index (χ1v) is 5.58. The van der Waals surface area contributed by atoms with Crippen LogP contribution in [0.5, 0.6) is 0 Å². The summed E-state index contributed by atoms with van der Waals surface area (Å²) in [4.78, 5) is 4.82. The van der Waals surface area contributed by atoms with E-state index in [9.17, 15) is 0 Å². The summed E-state index contributed by atoms with van der Waals surface area (Å²) in [5, 5.41) is 0. The first-order chi connectivity index (χ1) is 7.52. The number of likely N-dealkylation sites (N-methyl/N-ethyl adjacent to an activating group) is 1. The van der Waals surface area contributed by atoms with Crippen LogP contribution in [-0.4, -0.2) is 43.0 Å². The van der Waals surface area contributed by atoms with Crippen LogP contribution >= 0.6 is 12.2 Å². The van der Waals surface area contributed by atoms with Crippen molar-refractivity contribution < 1.29 is 0 Å². The number of nitrogens with zero attached hydrogens (tertiary/aromatic N) is 2. The molecule has 0 saturated carbocycles. The molecule has 0 bridgehead atoms. The molecule has 0 unspecified atom stereocenters. The van der Waals surface area contributed by atoms with Gasteiger partial charge in [0.25, 0.3) is 0 Å². The lowest BCUT2D eigenvalue weighted by molar-refractivity contribution is 0.564. The van der Waals surface area contributed by atoms with Gasteiger partial charge in [0.15, 0.2) is 0 Å². The largest absolute Gasteiger partial charge is 0.383 e. The molecular formula is C13H18N2S. The van der Waals surface area contributed by atoms with E-state index in [1.807, 2.05) is 56.2 Å². The molecule has 0 aliphatic heterocycles. The van der Waals surface area contributed by atoms with Gasteiger partial charge in [0.05, 0.1) is 0 Å². The Labute approximate surface area is 103 Å². The second kappa shape index (κ2) is 5.66. The zero-order valence-electron chi connectivity index (χ0n) is 10.3. The van der Waals surface area contributed by atoms with Gasteiger partial charge >= 0.3 is 0 Å². The molecule has 0 spiro atoms. The summed E-state index contributed by atoms with van der Waals surface area (Å²) in [5.41, 5.74) is 2.22. The summed E-state index contributed by atoms with van der Waals surface area (Å²) in [6, 6.07) is 10.2. The fraction of sp³-hybridized carbons (Fsp3) is 0.308. The fourth-order valence-corrected chi connectivity index (χ4v) is 1.54. The lowest BCUT2D eigenvalue weighted by Crippen LogP contribution is -2.22. The van der Waals surface area contributed by atoms with Crippen molar-refractivity contribution in [1.82, 2.24) is 9.80 Å². The topological polar surface area (TPSA) is 6.48 Å². The van der Waals surface area contributed by atoms with Crippen molar-refractivity contribution >= 4 is 22.8 Å². The third kappa shape index (κ3) is 3.35. The van der Waals surface area contributed by atoms with E-state index >= 15 is 0 Å². The molecule has 16 heavy (non-hydrogen) atoms. The van der Waals surface area contributed by atoms with Crippen molar-refractivity contribution in [3.05, 3.63) is 42.1 Å². The van der Waals surface area contributed by atoms with Crippen LogP contribution in [0.1, 0.15) is 5.56 Å². The SMILES string of the molecule is CN(C)/C=C(\C(=S)N(C)C)c1ccccc1. The number of benzene rings is 1. The lowest BCUT2D eigenvalue weighted by atomic mass is 10.1. The normalized spacial score (nSPS) is 11.1. The Morgan fingerprint density at radius 2 is 1.62 bits per heavy atom. The highest BCUT2D eigenvalue weighted by atomic mass is 32.1. The van der Waals surface area contributed by atoms with E-state index in [1.54, 1.807) is 0 Å². The molecule has 0 aromatic heterocycles. The molecule has 0 N–H and O–H groups in total. The van der Waals surface area contributed by atoms with Crippen LogP contribution in [0.4, 0.5) is 0 Å². The van der Waals surface area contributed by atoms with Gasteiger partial charge in [-0.15, -0.1) is 0 Å². The lowest BCUT2D eigenvalue weighted by Gasteiger charge is -2.19. The number of rotatable bonds is 3. The Kier molecular flexibility index (Phi) is 4.50. The third-order valence-electron chi connectivity index (χ3n) is 2.11. The molecule has 2 nitrogen and oxygen atoms in total. The van der Waals surface area contributed by atoms with E-state index in [2.05, 4.69) is 18.3 Å². The summed E-state index contributed by atoms with van der Waals surface area (Å²) in [6.45, 7) is 0. The van der Waals surface area contributed by atoms with Crippen LogP contribution in [0.2, 0.25) is 0 Å². The van der Waals surface area contributed by atoms with Crippen molar-refractivity contribution in [2.45, 2.75) is 0 Å². The molecule has 0 aliphatic rings.